The fourth-order valence-corrected chi connectivity index (χ4v) is 2.46. The number of hydrogen-bond donors (Lipinski definition) is 3. The monoisotopic (exact) mass is 303 g/mol. The van der Waals surface area contributed by atoms with Crippen LogP contribution in [0.15, 0.2) is 42.5 Å². The summed E-state index contributed by atoms with van der Waals surface area (Å²) in [5, 5.41) is 8.86. The Morgan fingerprint density at radius 1 is 1.00 bits per heavy atom. The quantitative estimate of drug-likeness (QED) is 0.808. The van der Waals surface area contributed by atoms with E-state index < -0.39 is 0 Å². The molecule has 0 saturated carbocycles. The predicted molar refractivity (Wildman–Crippen MR) is 86.0 cm³/mol. The fourth-order valence-electron chi connectivity index (χ4n) is 1.66. The lowest BCUT2D eigenvalue weighted by molar-refractivity contribution is 0.0947. The van der Waals surface area contributed by atoms with Gasteiger partial charge >= 0.3 is 6.03 Å². The SMILES string of the molecule is CC(C)NC(=O)c1ccc(NC(=O)Nc2ccccc2)s1. The molecule has 0 aliphatic heterocycles. The van der Waals surface area contributed by atoms with E-state index in [1.807, 2.05) is 32.0 Å². The molecule has 1 aromatic carbocycles. The number of carbonyl (C=O) groups is 2. The molecule has 0 radical (unpaired) electrons. The summed E-state index contributed by atoms with van der Waals surface area (Å²) in [6.07, 6.45) is 0. The molecule has 0 aliphatic rings. The Balaban J connectivity index is 1.93. The smallest absolute Gasteiger partial charge is 0.324 e. The summed E-state index contributed by atoms with van der Waals surface area (Å²) in [5.41, 5.74) is 0.712. The molecule has 110 valence electrons. The molecular weight excluding hydrogens is 286 g/mol. The zero-order valence-electron chi connectivity index (χ0n) is 11.8. The van der Waals surface area contributed by atoms with Crippen molar-refractivity contribution in [2.24, 2.45) is 0 Å². The van der Waals surface area contributed by atoms with Crippen molar-refractivity contribution >= 4 is 34.0 Å². The Bertz CT molecular complexity index is 623. The van der Waals surface area contributed by atoms with Crippen molar-refractivity contribution in [2.45, 2.75) is 19.9 Å². The summed E-state index contributed by atoms with van der Waals surface area (Å²) in [6.45, 7) is 3.80. The van der Waals surface area contributed by atoms with Crippen molar-refractivity contribution in [3.8, 4) is 0 Å². The Morgan fingerprint density at radius 3 is 2.38 bits per heavy atom. The van der Waals surface area contributed by atoms with Gasteiger partial charge in [0.1, 0.15) is 0 Å². The van der Waals surface area contributed by atoms with E-state index in [0.29, 0.717) is 15.6 Å². The second kappa shape index (κ2) is 6.90. The maximum Gasteiger partial charge on any atom is 0.324 e. The molecule has 3 amide bonds. The Hall–Kier alpha value is -2.34. The Labute approximate surface area is 127 Å². The van der Waals surface area contributed by atoms with Gasteiger partial charge in [-0.1, -0.05) is 18.2 Å². The summed E-state index contributed by atoms with van der Waals surface area (Å²) in [4.78, 5) is 24.2. The van der Waals surface area contributed by atoms with Gasteiger partial charge < -0.3 is 10.6 Å². The molecule has 5 nitrogen and oxygen atoms in total. The third-order valence-electron chi connectivity index (χ3n) is 2.52. The van der Waals surface area contributed by atoms with Gasteiger partial charge in [-0.2, -0.15) is 0 Å². The molecule has 0 fully saturated rings. The zero-order chi connectivity index (χ0) is 15.2. The zero-order valence-corrected chi connectivity index (χ0v) is 12.7. The van der Waals surface area contributed by atoms with E-state index in [-0.39, 0.29) is 18.0 Å². The molecule has 6 heteroatoms. The molecule has 3 N–H and O–H groups in total. The van der Waals surface area contributed by atoms with Crippen LogP contribution in [0.2, 0.25) is 0 Å². The first-order valence-electron chi connectivity index (χ1n) is 6.58. The number of thiophene rings is 1. The average molecular weight is 303 g/mol. The first kappa shape index (κ1) is 15.1. The number of carbonyl (C=O) groups excluding carboxylic acids is 2. The molecule has 0 aliphatic carbocycles. The van der Waals surface area contributed by atoms with Gasteiger partial charge in [0.25, 0.3) is 5.91 Å². The highest BCUT2D eigenvalue weighted by Crippen LogP contribution is 2.22. The summed E-state index contributed by atoms with van der Waals surface area (Å²) >= 11 is 1.24. The van der Waals surface area contributed by atoms with E-state index in [1.54, 1.807) is 24.3 Å². The number of para-hydroxylation sites is 1. The molecule has 1 aromatic heterocycles. The maximum absolute atomic E-state index is 11.8. The number of nitrogens with one attached hydrogen (secondary N) is 3. The second-order valence-electron chi connectivity index (χ2n) is 4.74. The minimum absolute atomic E-state index is 0.0809. The number of hydrogen-bond acceptors (Lipinski definition) is 3. The maximum atomic E-state index is 11.8. The summed E-state index contributed by atoms with van der Waals surface area (Å²) in [6, 6.07) is 12.3. The van der Waals surface area contributed by atoms with Gasteiger partial charge in [-0.15, -0.1) is 11.3 Å². The van der Waals surface area contributed by atoms with Gasteiger partial charge in [-0.3, -0.25) is 10.1 Å². The van der Waals surface area contributed by atoms with E-state index in [0.717, 1.165) is 0 Å². The average Bonchev–Trinajstić information content (AvgIpc) is 2.87. The minimum atomic E-state index is -0.334. The van der Waals surface area contributed by atoms with Crippen LogP contribution in [0, 0.1) is 0 Å². The Kier molecular flexibility index (Phi) is 4.94. The van der Waals surface area contributed by atoms with Crippen molar-refractivity contribution < 1.29 is 9.59 Å². The summed E-state index contributed by atoms with van der Waals surface area (Å²) in [5.74, 6) is -0.133. The molecule has 0 spiro atoms. The van der Waals surface area contributed by atoms with E-state index in [1.165, 1.54) is 11.3 Å². The standard InChI is InChI=1S/C15H17N3O2S/c1-10(2)16-14(19)12-8-9-13(21-12)18-15(20)17-11-6-4-3-5-7-11/h3-10H,1-2H3,(H,16,19)(H2,17,18,20). The lowest BCUT2D eigenvalue weighted by Gasteiger charge is -2.06. The van der Waals surface area contributed by atoms with Crippen LogP contribution in [0.4, 0.5) is 15.5 Å². The van der Waals surface area contributed by atoms with Gasteiger partial charge in [0, 0.05) is 11.7 Å². The number of anilines is 2. The van der Waals surface area contributed by atoms with E-state index in [2.05, 4.69) is 16.0 Å². The molecule has 1 heterocycles. The topological polar surface area (TPSA) is 70.2 Å². The van der Waals surface area contributed by atoms with Crippen molar-refractivity contribution in [3.63, 3.8) is 0 Å². The molecular formula is C15H17N3O2S. The first-order valence-corrected chi connectivity index (χ1v) is 7.40. The fraction of sp³-hybridized carbons (Fsp3) is 0.200. The lowest BCUT2D eigenvalue weighted by atomic mass is 10.3. The van der Waals surface area contributed by atoms with Gasteiger partial charge in [0.2, 0.25) is 0 Å². The van der Waals surface area contributed by atoms with Gasteiger partial charge in [0.05, 0.1) is 9.88 Å². The van der Waals surface area contributed by atoms with E-state index in [4.69, 9.17) is 0 Å². The van der Waals surface area contributed by atoms with Crippen LogP contribution in [-0.2, 0) is 0 Å². The second-order valence-corrected chi connectivity index (χ2v) is 5.82. The number of amides is 3. The van der Waals surface area contributed by atoms with Gasteiger partial charge in [0.15, 0.2) is 0 Å². The van der Waals surface area contributed by atoms with Crippen LogP contribution in [0.5, 0.6) is 0 Å². The van der Waals surface area contributed by atoms with Gasteiger partial charge in [-0.05, 0) is 38.1 Å². The highest BCUT2D eigenvalue weighted by Gasteiger charge is 2.11. The van der Waals surface area contributed by atoms with E-state index >= 15 is 0 Å². The number of rotatable bonds is 4. The largest absolute Gasteiger partial charge is 0.349 e. The van der Waals surface area contributed by atoms with Crippen LogP contribution in [-0.4, -0.2) is 18.0 Å². The van der Waals surface area contributed by atoms with Crippen LogP contribution in [0.1, 0.15) is 23.5 Å². The molecule has 2 aromatic rings. The summed E-state index contributed by atoms with van der Waals surface area (Å²) < 4.78 is 0. The van der Waals surface area contributed by atoms with Crippen LogP contribution < -0.4 is 16.0 Å². The molecule has 0 unspecified atom stereocenters. The van der Waals surface area contributed by atoms with Crippen molar-refractivity contribution in [1.29, 1.82) is 0 Å². The van der Waals surface area contributed by atoms with Crippen LogP contribution in [0.25, 0.3) is 0 Å². The molecule has 0 saturated heterocycles. The normalized spacial score (nSPS) is 10.2. The minimum Gasteiger partial charge on any atom is -0.349 e. The third-order valence-corrected chi connectivity index (χ3v) is 3.52. The van der Waals surface area contributed by atoms with Gasteiger partial charge in [-0.25, -0.2) is 4.79 Å². The van der Waals surface area contributed by atoms with Crippen molar-refractivity contribution in [3.05, 3.63) is 47.3 Å². The number of benzene rings is 1. The Morgan fingerprint density at radius 2 is 1.71 bits per heavy atom. The number of urea groups is 1. The van der Waals surface area contributed by atoms with Crippen molar-refractivity contribution in [2.75, 3.05) is 10.6 Å². The molecule has 21 heavy (non-hydrogen) atoms. The summed E-state index contributed by atoms with van der Waals surface area (Å²) in [7, 11) is 0. The first-order chi connectivity index (χ1) is 10.0. The highest BCUT2D eigenvalue weighted by molar-refractivity contribution is 7.18. The molecule has 0 bridgehead atoms. The molecule has 2 rings (SSSR count). The van der Waals surface area contributed by atoms with Crippen LogP contribution >= 0.6 is 11.3 Å². The van der Waals surface area contributed by atoms with Crippen molar-refractivity contribution in [1.82, 2.24) is 5.32 Å². The predicted octanol–water partition coefficient (Wildman–Crippen LogP) is 3.53. The molecule has 0 atom stereocenters. The highest BCUT2D eigenvalue weighted by atomic mass is 32.1. The van der Waals surface area contributed by atoms with Crippen LogP contribution in [0.3, 0.4) is 0 Å². The van der Waals surface area contributed by atoms with E-state index in [9.17, 15) is 9.59 Å². The lowest BCUT2D eigenvalue weighted by Crippen LogP contribution is -2.29. The third kappa shape index (κ3) is 4.61.